The number of aromatic nitrogens is 4. The van der Waals surface area contributed by atoms with E-state index in [1.807, 2.05) is 24.6 Å². The standard InChI is InChI=1S/C24H26N4OS2/c1-15-6-9-19(10-7-15)23-25-20(13-30-23)14-31-24-27-26-22(28(24)5)18(4)29-21-11-8-16(2)12-17(21)3/h6-13,18H,14H2,1-5H3. The molecule has 0 amide bonds. The average molecular weight is 451 g/mol. The van der Waals surface area contributed by atoms with Gasteiger partial charge in [0, 0.05) is 23.7 Å². The highest BCUT2D eigenvalue weighted by atomic mass is 32.2. The minimum Gasteiger partial charge on any atom is -0.482 e. The van der Waals surface area contributed by atoms with Gasteiger partial charge in [0.15, 0.2) is 17.1 Å². The highest BCUT2D eigenvalue weighted by molar-refractivity contribution is 7.98. The van der Waals surface area contributed by atoms with E-state index in [1.165, 1.54) is 11.1 Å². The summed E-state index contributed by atoms with van der Waals surface area (Å²) in [7, 11) is 1.98. The van der Waals surface area contributed by atoms with Crippen LogP contribution in [0.5, 0.6) is 5.75 Å². The molecular formula is C24H26N4OS2. The topological polar surface area (TPSA) is 52.8 Å². The largest absolute Gasteiger partial charge is 0.482 e. The maximum Gasteiger partial charge on any atom is 0.191 e. The molecule has 5 nitrogen and oxygen atoms in total. The molecule has 0 radical (unpaired) electrons. The average Bonchev–Trinajstić information content (AvgIpc) is 3.36. The van der Waals surface area contributed by atoms with Crippen molar-refractivity contribution in [1.29, 1.82) is 0 Å². The molecule has 0 fully saturated rings. The first kappa shape index (κ1) is 21.6. The molecule has 31 heavy (non-hydrogen) atoms. The summed E-state index contributed by atoms with van der Waals surface area (Å²) in [5.41, 5.74) is 5.81. The molecule has 0 aliphatic heterocycles. The number of thiazole rings is 1. The van der Waals surface area contributed by atoms with Gasteiger partial charge in [-0.15, -0.1) is 21.5 Å². The minimum atomic E-state index is -0.194. The van der Waals surface area contributed by atoms with E-state index in [2.05, 4.69) is 72.7 Å². The number of nitrogens with zero attached hydrogens (tertiary/aromatic N) is 4. The van der Waals surface area contributed by atoms with Gasteiger partial charge in [-0.2, -0.15) is 0 Å². The predicted molar refractivity (Wildman–Crippen MR) is 128 cm³/mol. The molecule has 4 aromatic rings. The van der Waals surface area contributed by atoms with Crippen molar-refractivity contribution in [3.63, 3.8) is 0 Å². The molecule has 7 heteroatoms. The fraction of sp³-hybridized carbons (Fsp3) is 0.292. The predicted octanol–water partition coefficient (Wildman–Crippen LogP) is 6.30. The first-order chi connectivity index (χ1) is 14.9. The molecule has 0 saturated heterocycles. The highest BCUT2D eigenvalue weighted by Crippen LogP contribution is 2.29. The number of ether oxygens (including phenoxy) is 1. The Morgan fingerprint density at radius 3 is 2.52 bits per heavy atom. The lowest BCUT2D eigenvalue weighted by atomic mass is 10.1. The van der Waals surface area contributed by atoms with Crippen LogP contribution in [0.1, 0.15) is 41.2 Å². The lowest BCUT2D eigenvalue weighted by Gasteiger charge is -2.16. The number of hydrogen-bond acceptors (Lipinski definition) is 6. The molecule has 2 aromatic carbocycles. The summed E-state index contributed by atoms with van der Waals surface area (Å²) in [4.78, 5) is 4.78. The lowest BCUT2D eigenvalue weighted by Crippen LogP contribution is -2.10. The maximum atomic E-state index is 6.16. The van der Waals surface area contributed by atoms with Gasteiger partial charge in [0.05, 0.1) is 5.69 Å². The third-order valence-corrected chi connectivity index (χ3v) is 7.06. The molecule has 160 valence electrons. The van der Waals surface area contributed by atoms with Crippen molar-refractivity contribution < 1.29 is 4.74 Å². The fourth-order valence-corrected chi connectivity index (χ4v) is 5.06. The Balaban J connectivity index is 1.41. The molecule has 2 heterocycles. The smallest absolute Gasteiger partial charge is 0.191 e. The van der Waals surface area contributed by atoms with Gasteiger partial charge in [-0.05, 0) is 39.3 Å². The Morgan fingerprint density at radius 1 is 1.03 bits per heavy atom. The summed E-state index contributed by atoms with van der Waals surface area (Å²) in [6, 6.07) is 14.7. The second-order valence-corrected chi connectivity index (χ2v) is 9.53. The molecule has 0 saturated carbocycles. The Labute approximate surface area is 191 Å². The summed E-state index contributed by atoms with van der Waals surface area (Å²) in [6.07, 6.45) is -0.194. The SMILES string of the molecule is Cc1ccc(-c2nc(CSc3nnc(C(C)Oc4ccc(C)cc4C)n3C)cs2)cc1. The van der Waals surface area contributed by atoms with Gasteiger partial charge < -0.3 is 9.30 Å². The van der Waals surface area contributed by atoms with Crippen molar-refractivity contribution in [2.45, 2.75) is 44.7 Å². The molecule has 1 atom stereocenters. The first-order valence-electron chi connectivity index (χ1n) is 10.2. The van der Waals surface area contributed by atoms with Crippen LogP contribution in [-0.4, -0.2) is 19.7 Å². The molecule has 1 unspecified atom stereocenters. The zero-order valence-corrected chi connectivity index (χ0v) is 20.0. The van der Waals surface area contributed by atoms with Crippen LogP contribution in [0.25, 0.3) is 10.6 Å². The van der Waals surface area contributed by atoms with Crippen LogP contribution in [0.2, 0.25) is 0 Å². The number of thioether (sulfide) groups is 1. The Bertz CT molecular complexity index is 1180. The van der Waals surface area contributed by atoms with Gasteiger partial charge in [0.25, 0.3) is 0 Å². The zero-order valence-electron chi connectivity index (χ0n) is 18.4. The van der Waals surface area contributed by atoms with Crippen molar-refractivity contribution in [2.24, 2.45) is 7.05 Å². The third-order valence-electron chi connectivity index (χ3n) is 5.07. The van der Waals surface area contributed by atoms with Crippen LogP contribution in [0.3, 0.4) is 0 Å². The van der Waals surface area contributed by atoms with Crippen molar-refractivity contribution in [3.05, 3.63) is 76.1 Å². The number of hydrogen-bond donors (Lipinski definition) is 0. The van der Waals surface area contributed by atoms with Gasteiger partial charge >= 0.3 is 0 Å². The molecule has 0 aliphatic carbocycles. The molecule has 0 N–H and O–H groups in total. The molecular weight excluding hydrogens is 424 g/mol. The van der Waals surface area contributed by atoms with Gasteiger partial charge in [0.1, 0.15) is 10.8 Å². The lowest BCUT2D eigenvalue weighted by molar-refractivity contribution is 0.210. The van der Waals surface area contributed by atoms with Gasteiger partial charge in [-0.25, -0.2) is 4.98 Å². The van der Waals surface area contributed by atoms with Gasteiger partial charge in [0.2, 0.25) is 0 Å². The van der Waals surface area contributed by atoms with Gasteiger partial charge in [-0.3, -0.25) is 0 Å². The number of rotatable bonds is 7. The van der Waals surface area contributed by atoms with Crippen molar-refractivity contribution in [2.75, 3.05) is 0 Å². The third kappa shape index (κ3) is 4.99. The van der Waals surface area contributed by atoms with E-state index < -0.39 is 0 Å². The molecule has 2 aromatic heterocycles. The van der Waals surface area contributed by atoms with E-state index in [1.54, 1.807) is 23.1 Å². The summed E-state index contributed by atoms with van der Waals surface area (Å²) in [6.45, 7) is 8.24. The van der Waals surface area contributed by atoms with Gasteiger partial charge in [-0.1, -0.05) is 59.3 Å². The van der Waals surface area contributed by atoms with Crippen LogP contribution in [-0.2, 0) is 12.8 Å². The Morgan fingerprint density at radius 2 is 1.77 bits per heavy atom. The van der Waals surface area contributed by atoms with E-state index >= 15 is 0 Å². The number of aryl methyl sites for hydroxylation is 3. The van der Waals surface area contributed by atoms with E-state index in [-0.39, 0.29) is 6.10 Å². The van der Waals surface area contributed by atoms with Crippen molar-refractivity contribution in [3.8, 4) is 16.3 Å². The van der Waals surface area contributed by atoms with E-state index in [9.17, 15) is 0 Å². The molecule has 0 aliphatic rings. The molecule has 0 bridgehead atoms. The number of benzene rings is 2. The Hall–Kier alpha value is -2.64. The highest BCUT2D eigenvalue weighted by Gasteiger charge is 2.18. The van der Waals surface area contributed by atoms with Crippen LogP contribution in [0.15, 0.2) is 53.0 Å². The summed E-state index contributed by atoms with van der Waals surface area (Å²) in [5, 5.41) is 12.8. The summed E-state index contributed by atoms with van der Waals surface area (Å²) < 4.78 is 8.17. The summed E-state index contributed by atoms with van der Waals surface area (Å²) in [5.74, 6) is 2.43. The van der Waals surface area contributed by atoms with Crippen LogP contribution < -0.4 is 4.74 Å². The Kier molecular flexibility index (Phi) is 6.43. The van der Waals surface area contributed by atoms with E-state index in [0.717, 1.165) is 44.3 Å². The minimum absolute atomic E-state index is 0.194. The maximum absolute atomic E-state index is 6.16. The molecule has 4 rings (SSSR count). The van der Waals surface area contributed by atoms with E-state index in [4.69, 9.17) is 9.72 Å². The summed E-state index contributed by atoms with van der Waals surface area (Å²) >= 11 is 3.31. The molecule has 0 spiro atoms. The monoisotopic (exact) mass is 450 g/mol. The van der Waals surface area contributed by atoms with E-state index in [0.29, 0.717) is 0 Å². The van der Waals surface area contributed by atoms with Crippen LogP contribution in [0.4, 0.5) is 0 Å². The van der Waals surface area contributed by atoms with Crippen LogP contribution in [0, 0.1) is 20.8 Å². The second-order valence-electron chi connectivity index (χ2n) is 7.73. The van der Waals surface area contributed by atoms with Crippen LogP contribution >= 0.6 is 23.1 Å². The fourth-order valence-electron chi connectivity index (χ4n) is 3.32. The van der Waals surface area contributed by atoms with Crippen molar-refractivity contribution >= 4 is 23.1 Å². The first-order valence-corrected chi connectivity index (χ1v) is 12.0. The zero-order chi connectivity index (χ0) is 22.0. The second kappa shape index (κ2) is 9.24. The van der Waals surface area contributed by atoms with Crippen molar-refractivity contribution in [1.82, 2.24) is 19.7 Å². The normalized spacial score (nSPS) is 12.2. The quantitative estimate of drug-likeness (QED) is 0.309.